The lowest BCUT2D eigenvalue weighted by molar-refractivity contribution is 0.0895. The summed E-state index contributed by atoms with van der Waals surface area (Å²) >= 11 is 0. The van der Waals surface area contributed by atoms with Crippen molar-refractivity contribution in [2.75, 3.05) is 18.0 Å². The van der Waals surface area contributed by atoms with Gasteiger partial charge in [0.25, 0.3) is 5.91 Å². The molecule has 2 atom stereocenters. The molecule has 2 fully saturated rings. The van der Waals surface area contributed by atoms with E-state index < -0.39 is 0 Å². The van der Waals surface area contributed by atoms with Crippen LogP contribution in [-0.4, -0.2) is 36.0 Å². The fraction of sp³-hybridized carbons (Fsp3) is 0.387. The molecular weight excluding hydrogens is 416 g/mol. The number of nitrogens with zero attached hydrogens (tertiary/aromatic N) is 2. The maximum atomic E-state index is 13.7. The quantitative estimate of drug-likeness (QED) is 0.423. The number of hydrogen-bond acceptors (Lipinski definition) is 2. The van der Waals surface area contributed by atoms with E-state index in [0.29, 0.717) is 12.0 Å². The highest BCUT2D eigenvalue weighted by Gasteiger charge is 2.36. The fourth-order valence-corrected chi connectivity index (χ4v) is 6.03. The summed E-state index contributed by atoms with van der Waals surface area (Å²) in [7, 11) is 0. The van der Waals surface area contributed by atoms with Crippen molar-refractivity contribution in [3.8, 4) is 0 Å². The lowest BCUT2D eigenvalue weighted by Crippen LogP contribution is -2.51. The predicted octanol–water partition coefficient (Wildman–Crippen LogP) is 6.83. The Kier molecular flexibility index (Phi) is 7.10. The molecule has 2 aliphatic rings. The van der Waals surface area contributed by atoms with Gasteiger partial charge in [-0.25, -0.2) is 0 Å². The van der Waals surface area contributed by atoms with Gasteiger partial charge in [-0.15, -0.1) is 0 Å². The van der Waals surface area contributed by atoms with Crippen LogP contribution >= 0.6 is 0 Å². The topological polar surface area (TPSA) is 23.6 Å². The number of likely N-dealkylation sites (tertiary alicyclic amines) is 1. The number of benzene rings is 3. The van der Waals surface area contributed by atoms with Gasteiger partial charge >= 0.3 is 0 Å². The Bertz CT molecular complexity index is 1060. The van der Waals surface area contributed by atoms with E-state index in [1.54, 1.807) is 0 Å². The van der Waals surface area contributed by atoms with E-state index in [9.17, 15) is 4.79 Å². The van der Waals surface area contributed by atoms with Crippen molar-refractivity contribution < 1.29 is 4.79 Å². The predicted molar refractivity (Wildman–Crippen MR) is 140 cm³/mol. The zero-order valence-electron chi connectivity index (χ0n) is 20.3. The molecule has 1 saturated carbocycles. The Balaban J connectivity index is 1.34. The van der Waals surface area contributed by atoms with Crippen LogP contribution in [0, 0.1) is 6.92 Å². The highest BCUT2D eigenvalue weighted by molar-refractivity contribution is 6.06. The monoisotopic (exact) mass is 452 g/mol. The van der Waals surface area contributed by atoms with Gasteiger partial charge in [0, 0.05) is 36.4 Å². The Morgan fingerprint density at radius 1 is 0.765 bits per heavy atom. The molecule has 1 aliphatic carbocycles. The summed E-state index contributed by atoms with van der Waals surface area (Å²) in [6.45, 7) is 4.21. The van der Waals surface area contributed by atoms with Gasteiger partial charge in [-0.2, -0.15) is 0 Å². The highest BCUT2D eigenvalue weighted by atomic mass is 16.2. The zero-order chi connectivity index (χ0) is 23.3. The second kappa shape index (κ2) is 10.6. The summed E-state index contributed by atoms with van der Waals surface area (Å²) in [5, 5.41) is 0. The third-order valence-electron chi connectivity index (χ3n) is 7.84. The van der Waals surface area contributed by atoms with Gasteiger partial charge in [-0.1, -0.05) is 79.1 Å². The molecule has 34 heavy (non-hydrogen) atoms. The molecule has 176 valence electrons. The Morgan fingerprint density at radius 3 is 2.06 bits per heavy atom. The van der Waals surface area contributed by atoms with Gasteiger partial charge in [-0.05, 0) is 68.4 Å². The van der Waals surface area contributed by atoms with Crippen LogP contribution in [0.2, 0.25) is 0 Å². The maximum absolute atomic E-state index is 13.7. The molecule has 0 spiro atoms. The molecule has 0 radical (unpaired) electrons. The Hall–Kier alpha value is -2.91. The SMILES string of the molecule is Cc1ccc(N(C(=O)c2ccccc2)C2CCN([C@@H]3CCCC[C@@H]3c3ccccc3)CC2)cc1. The van der Waals surface area contributed by atoms with Crippen molar-refractivity contribution in [3.63, 3.8) is 0 Å². The van der Waals surface area contributed by atoms with Crippen molar-refractivity contribution in [2.24, 2.45) is 0 Å². The highest BCUT2D eigenvalue weighted by Crippen LogP contribution is 2.38. The molecule has 0 bridgehead atoms. The normalized spacial score (nSPS) is 21.8. The molecule has 0 N–H and O–H groups in total. The number of anilines is 1. The fourth-order valence-electron chi connectivity index (χ4n) is 6.03. The maximum Gasteiger partial charge on any atom is 0.258 e. The number of amides is 1. The molecule has 1 amide bonds. The molecule has 0 aromatic heterocycles. The minimum atomic E-state index is 0.114. The van der Waals surface area contributed by atoms with E-state index in [1.165, 1.54) is 36.8 Å². The molecule has 1 heterocycles. The van der Waals surface area contributed by atoms with Gasteiger partial charge in [0.05, 0.1) is 0 Å². The first-order valence-corrected chi connectivity index (χ1v) is 12.9. The van der Waals surface area contributed by atoms with Crippen LogP contribution in [0.15, 0.2) is 84.9 Å². The molecule has 1 saturated heterocycles. The van der Waals surface area contributed by atoms with Crippen LogP contribution in [0.5, 0.6) is 0 Å². The molecular formula is C31H36N2O. The molecule has 1 aliphatic heterocycles. The van der Waals surface area contributed by atoms with E-state index in [-0.39, 0.29) is 11.9 Å². The average Bonchev–Trinajstić information content (AvgIpc) is 2.91. The number of carbonyl (C=O) groups excluding carboxylic acids is 1. The summed E-state index contributed by atoms with van der Waals surface area (Å²) in [6.07, 6.45) is 7.27. The van der Waals surface area contributed by atoms with Crippen LogP contribution in [0.25, 0.3) is 0 Å². The van der Waals surface area contributed by atoms with Crippen molar-refractivity contribution >= 4 is 11.6 Å². The van der Waals surface area contributed by atoms with Crippen LogP contribution in [0.4, 0.5) is 5.69 Å². The van der Waals surface area contributed by atoms with Crippen LogP contribution < -0.4 is 4.90 Å². The lowest BCUT2D eigenvalue weighted by Gasteiger charge is -2.45. The third kappa shape index (κ3) is 4.95. The van der Waals surface area contributed by atoms with E-state index in [1.807, 2.05) is 30.3 Å². The van der Waals surface area contributed by atoms with Gasteiger partial charge in [0.15, 0.2) is 0 Å². The lowest BCUT2D eigenvalue weighted by atomic mass is 9.78. The first-order valence-electron chi connectivity index (χ1n) is 12.9. The van der Waals surface area contributed by atoms with E-state index >= 15 is 0 Å². The second-order valence-corrected chi connectivity index (χ2v) is 10.0. The van der Waals surface area contributed by atoms with E-state index in [2.05, 4.69) is 71.3 Å². The summed E-state index contributed by atoms with van der Waals surface area (Å²) in [4.78, 5) is 18.5. The van der Waals surface area contributed by atoms with Crippen molar-refractivity contribution in [1.82, 2.24) is 4.90 Å². The summed E-state index contributed by atoms with van der Waals surface area (Å²) in [5.41, 5.74) is 4.49. The molecule has 3 heteroatoms. The van der Waals surface area contributed by atoms with Gasteiger partial charge in [-0.3, -0.25) is 9.69 Å². The first kappa shape index (κ1) is 22.9. The number of hydrogen-bond donors (Lipinski definition) is 0. The molecule has 0 unspecified atom stereocenters. The number of rotatable bonds is 5. The van der Waals surface area contributed by atoms with E-state index in [4.69, 9.17) is 0 Å². The minimum absolute atomic E-state index is 0.114. The molecule has 3 aromatic rings. The first-order chi connectivity index (χ1) is 16.7. The van der Waals surface area contributed by atoms with Gasteiger partial charge in [0.1, 0.15) is 0 Å². The zero-order valence-corrected chi connectivity index (χ0v) is 20.3. The number of carbonyl (C=O) groups is 1. The Labute approximate surface area is 204 Å². The largest absolute Gasteiger partial charge is 0.305 e. The molecule has 5 rings (SSSR count). The van der Waals surface area contributed by atoms with Gasteiger partial charge in [0.2, 0.25) is 0 Å². The number of aryl methyl sites for hydroxylation is 1. The number of piperidine rings is 1. The average molecular weight is 453 g/mol. The van der Waals surface area contributed by atoms with Crippen molar-refractivity contribution in [2.45, 2.75) is 63.5 Å². The van der Waals surface area contributed by atoms with Gasteiger partial charge < -0.3 is 4.90 Å². The van der Waals surface area contributed by atoms with Crippen LogP contribution in [-0.2, 0) is 0 Å². The van der Waals surface area contributed by atoms with Crippen LogP contribution in [0.1, 0.15) is 65.9 Å². The molecule has 3 nitrogen and oxygen atoms in total. The Morgan fingerprint density at radius 2 is 1.38 bits per heavy atom. The summed E-state index contributed by atoms with van der Waals surface area (Å²) < 4.78 is 0. The minimum Gasteiger partial charge on any atom is -0.305 e. The molecule has 3 aromatic carbocycles. The standard InChI is InChI=1S/C31H36N2O/c1-24-16-18-27(19-17-24)33(31(34)26-12-6-3-7-13-26)28-20-22-32(23-21-28)30-15-9-8-14-29(30)25-10-4-2-5-11-25/h2-7,10-13,16-19,28-30H,8-9,14-15,20-23H2,1H3/t29-,30-/m1/s1. The summed E-state index contributed by atoms with van der Waals surface area (Å²) in [5.74, 6) is 0.744. The smallest absolute Gasteiger partial charge is 0.258 e. The third-order valence-corrected chi connectivity index (χ3v) is 7.84. The van der Waals surface area contributed by atoms with Crippen molar-refractivity contribution in [1.29, 1.82) is 0 Å². The van der Waals surface area contributed by atoms with Crippen molar-refractivity contribution in [3.05, 3.63) is 102 Å². The van der Waals surface area contributed by atoms with E-state index in [0.717, 1.165) is 37.2 Å². The summed E-state index contributed by atoms with van der Waals surface area (Å²) in [6, 6.07) is 30.1. The van der Waals surface area contributed by atoms with Crippen LogP contribution in [0.3, 0.4) is 0 Å². The second-order valence-electron chi connectivity index (χ2n) is 10.0.